The summed E-state index contributed by atoms with van der Waals surface area (Å²) in [6.45, 7) is 2.06. The molecule has 1 fully saturated rings. The molecule has 3 aromatic heterocycles. The van der Waals surface area contributed by atoms with Crippen molar-refractivity contribution in [2.75, 3.05) is 11.1 Å². The normalized spacial score (nSPS) is 20.1. The topological polar surface area (TPSA) is 110 Å². The van der Waals surface area contributed by atoms with E-state index in [0.29, 0.717) is 17.8 Å². The number of H-pyrrole nitrogens is 1. The van der Waals surface area contributed by atoms with Gasteiger partial charge in [0.2, 0.25) is 0 Å². The summed E-state index contributed by atoms with van der Waals surface area (Å²) in [6, 6.07) is 10.6. The van der Waals surface area contributed by atoms with E-state index < -0.39 is 0 Å². The Morgan fingerprint density at radius 3 is 2.79 bits per heavy atom. The highest BCUT2D eigenvalue weighted by atomic mass is 15.3. The maximum absolute atomic E-state index is 6.06. The van der Waals surface area contributed by atoms with Crippen LogP contribution in [0.5, 0.6) is 0 Å². The van der Waals surface area contributed by atoms with Crippen LogP contribution < -0.4 is 16.8 Å². The third-order valence-electron chi connectivity index (χ3n) is 5.69. The maximum atomic E-state index is 6.06. The van der Waals surface area contributed by atoms with Crippen LogP contribution in [-0.2, 0) is 0 Å². The van der Waals surface area contributed by atoms with Crippen LogP contribution >= 0.6 is 0 Å². The SMILES string of the molecule is Cc1cc2cc(Nc3cc(N)nn4cc(C5CCC(N)CC5)nc34)ccc2[nH]1. The number of rotatable bonds is 3. The van der Waals surface area contributed by atoms with E-state index in [1.54, 1.807) is 4.52 Å². The summed E-state index contributed by atoms with van der Waals surface area (Å²) in [5.74, 6) is 0.901. The van der Waals surface area contributed by atoms with Crippen molar-refractivity contribution < 1.29 is 0 Å². The largest absolute Gasteiger partial charge is 0.382 e. The third kappa shape index (κ3) is 3.07. The molecule has 7 nitrogen and oxygen atoms in total. The molecule has 6 N–H and O–H groups in total. The predicted octanol–water partition coefficient (Wildman–Crippen LogP) is 3.83. The van der Waals surface area contributed by atoms with Crippen molar-refractivity contribution in [3.05, 3.63) is 47.9 Å². The number of nitrogen functional groups attached to an aromatic ring is 1. The Balaban J connectivity index is 1.50. The van der Waals surface area contributed by atoms with Crippen LogP contribution in [0, 0.1) is 6.92 Å². The van der Waals surface area contributed by atoms with Gasteiger partial charge >= 0.3 is 0 Å². The number of nitrogens with one attached hydrogen (secondary N) is 2. The quantitative estimate of drug-likeness (QED) is 0.435. The molecule has 0 amide bonds. The molecule has 0 atom stereocenters. The molecule has 1 saturated carbocycles. The number of aromatic amines is 1. The number of anilines is 3. The van der Waals surface area contributed by atoms with Crippen LogP contribution in [0.4, 0.5) is 17.2 Å². The van der Waals surface area contributed by atoms with Gasteiger partial charge in [-0.3, -0.25) is 0 Å². The van der Waals surface area contributed by atoms with Crippen LogP contribution in [0.15, 0.2) is 36.5 Å². The van der Waals surface area contributed by atoms with Gasteiger partial charge in [-0.1, -0.05) is 0 Å². The van der Waals surface area contributed by atoms with E-state index in [2.05, 4.69) is 46.6 Å². The van der Waals surface area contributed by atoms with E-state index in [4.69, 9.17) is 16.5 Å². The van der Waals surface area contributed by atoms with E-state index in [1.807, 2.05) is 12.3 Å². The Labute approximate surface area is 163 Å². The van der Waals surface area contributed by atoms with Crippen molar-refractivity contribution in [3.8, 4) is 0 Å². The molecule has 28 heavy (non-hydrogen) atoms. The first-order valence-electron chi connectivity index (χ1n) is 9.83. The molecular formula is C21H25N7. The zero-order valence-electron chi connectivity index (χ0n) is 15.9. The lowest BCUT2D eigenvalue weighted by molar-refractivity contribution is 0.391. The first-order valence-corrected chi connectivity index (χ1v) is 9.83. The monoisotopic (exact) mass is 375 g/mol. The van der Waals surface area contributed by atoms with E-state index in [0.717, 1.165) is 59.6 Å². The molecule has 4 aromatic rings. The van der Waals surface area contributed by atoms with Crippen molar-refractivity contribution in [1.29, 1.82) is 0 Å². The van der Waals surface area contributed by atoms with Gasteiger partial charge in [-0.05, 0) is 56.9 Å². The van der Waals surface area contributed by atoms with Gasteiger partial charge in [0.15, 0.2) is 5.65 Å². The standard InChI is InChI=1S/C21H25N7/c1-12-8-14-9-16(6-7-17(14)24-12)25-18-10-20(23)27-28-11-19(26-21(18)28)13-2-4-15(22)5-3-13/h6-11,13,15,24-25H,2-5,22H2,1H3,(H2,23,27). The van der Waals surface area contributed by atoms with Gasteiger partial charge in [-0.15, -0.1) is 5.10 Å². The second-order valence-corrected chi connectivity index (χ2v) is 7.91. The molecule has 0 radical (unpaired) electrons. The zero-order chi connectivity index (χ0) is 19.3. The fraction of sp³-hybridized carbons (Fsp3) is 0.333. The first-order chi connectivity index (χ1) is 13.5. The van der Waals surface area contributed by atoms with Gasteiger partial charge in [0.1, 0.15) is 5.82 Å². The van der Waals surface area contributed by atoms with Gasteiger partial charge < -0.3 is 21.8 Å². The van der Waals surface area contributed by atoms with Crippen molar-refractivity contribution >= 4 is 33.7 Å². The molecule has 0 aliphatic heterocycles. The molecule has 1 aliphatic rings. The molecule has 1 aromatic carbocycles. The van der Waals surface area contributed by atoms with Crippen LogP contribution in [-0.4, -0.2) is 25.6 Å². The number of nitrogens with zero attached hydrogens (tertiary/aromatic N) is 3. The van der Waals surface area contributed by atoms with Crippen LogP contribution in [0.1, 0.15) is 43.0 Å². The Bertz CT molecular complexity index is 1150. The van der Waals surface area contributed by atoms with Crippen molar-refractivity contribution in [3.63, 3.8) is 0 Å². The Hall–Kier alpha value is -3.06. The summed E-state index contributed by atoms with van der Waals surface area (Å²) in [7, 11) is 0. The number of aromatic nitrogens is 4. The average molecular weight is 375 g/mol. The predicted molar refractivity (Wildman–Crippen MR) is 113 cm³/mol. The van der Waals surface area contributed by atoms with Gasteiger partial charge in [-0.25, -0.2) is 9.50 Å². The second-order valence-electron chi connectivity index (χ2n) is 7.91. The maximum Gasteiger partial charge on any atom is 0.177 e. The molecule has 0 bridgehead atoms. The second kappa shape index (κ2) is 6.53. The van der Waals surface area contributed by atoms with E-state index in [1.165, 1.54) is 5.39 Å². The number of hydrogen-bond acceptors (Lipinski definition) is 5. The summed E-state index contributed by atoms with van der Waals surface area (Å²) in [4.78, 5) is 8.25. The molecule has 0 saturated heterocycles. The lowest BCUT2D eigenvalue weighted by Gasteiger charge is -2.24. The number of fused-ring (bicyclic) bond motifs is 2. The fourth-order valence-corrected chi connectivity index (χ4v) is 4.23. The number of benzene rings is 1. The van der Waals surface area contributed by atoms with E-state index in [-0.39, 0.29) is 0 Å². The first kappa shape index (κ1) is 17.1. The number of imidazole rings is 1. The van der Waals surface area contributed by atoms with E-state index >= 15 is 0 Å². The van der Waals surface area contributed by atoms with Crippen LogP contribution in [0.25, 0.3) is 16.6 Å². The van der Waals surface area contributed by atoms with Crippen molar-refractivity contribution in [2.24, 2.45) is 5.73 Å². The van der Waals surface area contributed by atoms with Crippen molar-refractivity contribution in [1.82, 2.24) is 19.6 Å². The summed E-state index contributed by atoms with van der Waals surface area (Å²) < 4.78 is 1.79. The summed E-state index contributed by atoms with van der Waals surface area (Å²) in [5.41, 5.74) is 18.1. The van der Waals surface area contributed by atoms with Crippen LogP contribution in [0.3, 0.4) is 0 Å². The fourth-order valence-electron chi connectivity index (χ4n) is 4.23. The molecule has 1 aliphatic carbocycles. The lowest BCUT2D eigenvalue weighted by atomic mass is 9.85. The minimum atomic E-state index is 0.325. The number of nitrogens with two attached hydrogens (primary N) is 2. The van der Waals surface area contributed by atoms with Gasteiger partial charge in [-0.2, -0.15) is 0 Å². The Morgan fingerprint density at radius 2 is 1.96 bits per heavy atom. The van der Waals surface area contributed by atoms with Gasteiger partial charge in [0.25, 0.3) is 0 Å². The van der Waals surface area contributed by atoms with Gasteiger partial charge in [0, 0.05) is 40.3 Å². The molecule has 0 spiro atoms. The molecule has 0 unspecified atom stereocenters. The summed E-state index contributed by atoms with van der Waals surface area (Å²) >= 11 is 0. The highest BCUT2D eigenvalue weighted by molar-refractivity contribution is 5.86. The average Bonchev–Trinajstić information content (AvgIpc) is 3.24. The van der Waals surface area contributed by atoms with Crippen molar-refractivity contribution in [2.45, 2.75) is 44.6 Å². The lowest BCUT2D eigenvalue weighted by Crippen LogP contribution is -2.25. The number of hydrogen-bond donors (Lipinski definition) is 4. The molecule has 5 rings (SSSR count). The smallest absolute Gasteiger partial charge is 0.177 e. The zero-order valence-corrected chi connectivity index (χ0v) is 15.9. The van der Waals surface area contributed by atoms with Gasteiger partial charge in [0.05, 0.1) is 17.6 Å². The summed E-state index contributed by atoms with van der Waals surface area (Å²) in [6.07, 6.45) is 6.27. The number of aryl methyl sites for hydroxylation is 1. The minimum Gasteiger partial charge on any atom is -0.382 e. The van der Waals surface area contributed by atoms with E-state index in [9.17, 15) is 0 Å². The molecule has 3 heterocycles. The molecular weight excluding hydrogens is 350 g/mol. The highest BCUT2D eigenvalue weighted by Gasteiger charge is 2.23. The Morgan fingerprint density at radius 1 is 1.14 bits per heavy atom. The molecule has 144 valence electrons. The Kier molecular flexibility index (Phi) is 3.98. The highest BCUT2D eigenvalue weighted by Crippen LogP contribution is 2.33. The third-order valence-corrected chi connectivity index (χ3v) is 5.69. The summed E-state index contributed by atoms with van der Waals surface area (Å²) in [5, 5.41) is 9.07. The van der Waals surface area contributed by atoms with Crippen LogP contribution in [0.2, 0.25) is 0 Å². The minimum absolute atomic E-state index is 0.325. The molecule has 7 heteroatoms.